The largest absolute Gasteiger partial charge is 0.389 e. The highest BCUT2D eigenvalue weighted by Crippen LogP contribution is 2.16. The first-order valence-electron chi connectivity index (χ1n) is 7.33. The van der Waals surface area contributed by atoms with Crippen molar-refractivity contribution < 1.29 is 9.84 Å². The monoisotopic (exact) mass is 258 g/mol. The smallest absolute Gasteiger partial charge is 0.0900 e. The highest BCUT2D eigenvalue weighted by Gasteiger charge is 2.20. The van der Waals surface area contributed by atoms with Gasteiger partial charge in [-0.1, -0.05) is 13.8 Å². The van der Waals surface area contributed by atoms with Gasteiger partial charge in [0.2, 0.25) is 0 Å². The van der Waals surface area contributed by atoms with Crippen LogP contribution in [0.4, 0.5) is 0 Å². The van der Waals surface area contributed by atoms with Crippen molar-refractivity contribution in [2.75, 3.05) is 39.4 Å². The second-order valence-electron chi connectivity index (χ2n) is 5.62. The lowest BCUT2D eigenvalue weighted by molar-refractivity contribution is 0.0146. The number of piperidine rings is 1. The van der Waals surface area contributed by atoms with Crippen molar-refractivity contribution in [2.45, 2.75) is 45.8 Å². The number of nitrogens with zero attached hydrogens (tertiary/aromatic N) is 1. The van der Waals surface area contributed by atoms with Gasteiger partial charge < -0.3 is 20.1 Å². The van der Waals surface area contributed by atoms with Crippen LogP contribution in [0.25, 0.3) is 0 Å². The van der Waals surface area contributed by atoms with Crippen LogP contribution in [0.3, 0.4) is 0 Å². The lowest BCUT2D eigenvalue weighted by Crippen LogP contribution is -2.42. The van der Waals surface area contributed by atoms with Crippen LogP contribution in [-0.2, 0) is 4.74 Å². The van der Waals surface area contributed by atoms with Crippen molar-refractivity contribution in [3.8, 4) is 0 Å². The van der Waals surface area contributed by atoms with E-state index in [1.54, 1.807) is 0 Å². The van der Waals surface area contributed by atoms with Crippen molar-refractivity contribution >= 4 is 0 Å². The van der Waals surface area contributed by atoms with Gasteiger partial charge in [0, 0.05) is 19.2 Å². The van der Waals surface area contributed by atoms with Crippen LogP contribution >= 0.6 is 0 Å². The third-order valence-electron chi connectivity index (χ3n) is 3.51. The van der Waals surface area contributed by atoms with E-state index in [2.05, 4.69) is 24.1 Å². The summed E-state index contributed by atoms with van der Waals surface area (Å²) >= 11 is 0. The molecule has 1 fully saturated rings. The summed E-state index contributed by atoms with van der Waals surface area (Å²) in [5.74, 6) is 0.799. The number of aliphatic hydroxyl groups is 1. The first kappa shape index (κ1) is 15.9. The molecule has 1 aliphatic heterocycles. The van der Waals surface area contributed by atoms with Gasteiger partial charge in [-0.15, -0.1) is 0 Å². The number of rotatable bonds is 8. The molecule has 18 heavy (non-hydrogen) atoms. The summed E-state index contributed by atoms with van der Waals surface area (Å²) < 4.78 is 5.24. The molecule has 0 spiro atoms. The number of aliphatic hydroxyl groups excluding tert-OH is 1. The summed E-state index contributed by atoms with van der Waals surface area (Å²) in [6, 6.07) is 0.580. The third-order valence-corrected chi connectivity index (χ3v) is 3.51. The van der Waals surface area contributed by atoms with E-state index in [-0.39, 0.29) is 6.10 Å². The Bertz CT molecular complexity index is 204. The van der Waals surface area contributed by atoms with Crippen molar-refractivity contribution in [3.63, 3.8) is 0 Å². The average molecular weight is 258 g/mol. The predicted octanol–water partition coefficient (Wildman–Crippen LogP) is 1.09. The van der Waals surface area contributed by atoms with E-state index in [0.717, 1.165) is 32.1 Å². The zero-order valence-electron chi connectivity index (χ0n) is 12.2. The SMILES string of the molecule is CCOCC(O)CN1CCC(CNC(C)C)CC1. The molecule has 108 valence electrons. The molecule has 2 N–H and O–H groups in total. The Kier molecular flexibility index (Phi) is 7.82. The van der Waals surface area contributed by atoms with Crippen LogP contribution < -0.4 is 5.32 Å². The molecule has 1 unspecified atom stereocenters. The second-order valence-corrected chi connectivity index (χ2v) is 5.62. The molecule has 0 saturated carbocycles. The lowest BCUT2D eigenvalue weighted by Gasteiger charge is -2.33. The molecule has 0 aromatic rings. The van der Waals surface area contributed by atoms with Gasteiger partial charge in [-0.2, -0.15) is 0 Å². The summed E-state index contributed by atoms with van der Waals surface area (Å²) in [6.45, 7) is 11.6. The molecule has 1 heterocycles. The summed E-state index contributed by atoms with van der Waals surface area (Å²) in [5.41, 5.74) is 0. The Labute approximate surface area is 112 Å². The van der Waals surface area contributed by atoms with Crippen LogP contribution in [0.15, 0.2) is 0 Å². The zero-order valence-corrected chi connectivity index (χ0v) is 12.2. The molecule has 1 atom stereocenters. The first-order chi connectivity index (χ1) is 8.61. The van der Waals surface area contributed by atoms with Gasteiger partial charge >= 0.3 is 0 Å². The third kappa shape index (κ3) is 6.69. The molecule has 0 aromatic carbocycles. The normalized spacial score (nSPS) is 20.5. The molecular formula is C14H30N2O2. The molecule has 4 heteroatoms. The summed E-state index contributed by atoms with van der Waals surface area (Å²) in [7, 11) is 0. The zero-order chi connectivity index (χ0) is 13.4. The van der Waals surface area contributed by atoms with Gasteiger partial charge in [-0.25, -0.2) is 0 Å². The molecule has 0 amide bonds. The molecule has 0 bridgehead atoms. The topological polar surface area (TPSA) is 44.7 Å². The Balaban J connectivity index is 2.11. The fourth-order valence-electron chi connectivity index (χ4n) is 2.38. The number of ether oxygens (including phenoxy) is 1. The molecule has 0 aliphatic carbocycles. The maximum absolute atomic E-state index is 9.80. The van der Waals surface area contributed by atoms with E-state index in [0.29, 0.717) is 19.3 Å². The second kappa shape index (κ2) is 8.86. The molecule has 0 aromatic heterocycles. The molecule has 1 aliphatic rings. The number of β-amino-alcohol motifs (C(OH)–C–C–N with tert-alkyl or cyclic N) is 1. The van der Waals surface area contributed by atoms with Crippen molar-refractivity contribution in [2.24, 2.45) is 5.92 Å². The van der Waals surface area contributed by atoms with Crippen molar-refractivity contribution in [3.05, 3.63) is 0 Å². The van der Waals surface area contributed by atoms with Gasteiger partial charge in [-0.05, 0) is 45.3 Å². The summed E-state index contributed by atoms with van der Waals surface area (Å²) in [6.07, 6.45) is 2.14. The Hall–Kier alpha value is -0.160. The summed E-state index contributed by atoms with van der Waals surface area (Å²) in [4.78, 5) is 2.36. The van der Waals surface area contributed by atoms with E-state index >= 15 is 0 Å². The van der Waals surface area contributed by atoms with Gasteiger partial charge in [-0.3, -0.25) is 0 Å². The Morgan fingerprint density at radius 2 is 2.00 bits per heavy atom. The summed E-state index contributed by atoms with van der Waals surface area (Å²) in [5, 5.41) is 13.3. The molecule has 1 saturated heterocycles. The minimum Gasteiger partial charge on any atom is -0.389 e. The van der Waals surface area contributed by atoms with Gasteiger partial charge in [0.05, 0.1) is 12.7 Å². The minimum atomic E-state index is -0.338. The highest BCUT2D eigenvalue weighted by atomic mass is 16.5. The Morgan fingerprint density at radius 1 is 1.33 bits per heavy atom. The van der Waals surface area contributed by atoms with Crippen LogP contribution in [-0.4, -0.2) is 61.5 Å². The number of hydrogen-bond donors (Lipinski definition) is 2. The predicted molar refractivity (Wildman–Crippen MR) is 74.8 cm³/mol. The average Bonchev–Trinajstić information content (AvgIpc) is 2.35. The van der Waals surface area contributed by atoms with Crippen LogP contribution in [0, 0.1) is 5.92 Å². The van der Waals surface area contributed by atoms with Gasteiger partial charge in [0.15, 0.2) is 0 Å². The van der Waals surface area contributed by atoms with Gasteiger partial charge in [0.1, 0.15) is 0 Å². The fraction of sp³-hybridized carbons (Fsp3) is 1.00. The van der Waals surface area contributed by atoms with E-state index in [1.807, 2.05) is 6.92 Å². The fourth-order valence-corrected chi connectivity index (χ4v) is 2.38. The van der Waals surface area contributed by atoms with Crippen molar-refractivity contribution in [1.82, 2.24) is 10.2 Å². The van der Waals surface area contributed by atoms with Crippen molar-refractivity contribution in [1.29, 1.82) is 0 Å². The quantitative estimate of drug-likeness (QED) is 0.684. The van der Waals surface area contributed by atoms with Crippen LogP contribution in [0.2, 0.25) is 0 Å². The molecule has 4 nitrogen and oxygen atoms in total. The number of likely N-dealkylation sites (tertiary alicyclic amines) is 1. The maximum atomic E-state index is 9.80. The van der Waals surface area contributed by atoms with E-state index in [9.17, 15) is 5.11 Å². The van der Waals surface area contributed by atoms with E-state index in [4.69, 9.17) is 4.74 Å². The lowest BCUT2D eigenvalue weighted by atomic mass is 9.96. The van der Waals surface area contributed by atoms with E-state index in [1.165, 1.54) is 12.8 Å². The maximum Gasteiger partial charge on any atom is 0.0900 e. The van der Waals surface area contributed by atoms with Gasteiger partial charge in [0.25, 0.3) is 0 Å². The number of hydrogen-bond acceptors (Lipinski definition) is 4. The number of nitrogens with one attached hydrogen (secondary N) is 1. The molecule has 0 radical (unpaired) electrons. The standard InChI is InChI=1S/C14H30N2O2/c1-4-18-11-14(17)10-16-7-5-13(6-8-16)9-15-12(2)3/h12-15,17H,4-11H2,1-3H3. The van der Waals surface area contributed by atoms with Crippen LogP contribution in [0.5, 0.6) is 0 Å². The highest BCUT2D eigenvalue weighted by molar-refractivity contribution is 4.76. The first-order valence-corrected chi connectivity index (χ1v) is 7.33. The Morgan fingerprint density at radius 3 is 2.56 bits per heavy atom. The molecule has 1 rings (SSSR count). The molecular weight excluding hydrogens is 228 g/mol. The minimum absolute atomic E-state index is 0.338. The van der Waals surface area contributed by atoms with Crippen LogP contribution in [0.1, 0.15) is 33.6 Å². The van der Waals surface area contributed by atoms with E-state index < -0.39 is 0 Å².